The number of rotatable bonds is 11. The fourth-order valence-corrected chi connectivity index (χ4v) is 4.81. The van der Waals surface area contributed by atoms with Gasteiger partial charge in [0.1, 0.15) is 0 Å². The molecule has 1 aromatic rings. The normalized spacial score (nSPS) is 26.7. The summed E-state index contributed by atoms with van der Waals surface area (Å²) in [7, 11) is -1.28. The van der Waals surface area contributed by atoms with Crippen molar-refractivity contribution in [1.82, 2.24) is 5.32 Å². The first-order valence-corrected chi connectivity index (χ1v) is 12.3. The Balaban J connectivity index is 1.53. The highest BCUT2D eigenvalue weighted by atomic mass is 31.2. The predicted octanol–water partition coefficient (Wildman–Crippen LogP) is 2.64. The lowest BCUT2D eigenvalue weighted by Gasteiger charge is -2.37. The van der Waals surface area contributed by atoms with Crippen LogP contribution in [-0.4, -0.2) is 62.2 Å². The van der Waals surface area contributed by atoms with Crippen LogP contribution in [0.4, 0.5) is 0 Å². The van der Waals surface area contributed by atoms with Gasteiger partial charge in [-0.05, 0) is 49.9 Å². The Labute approximate surface area is 183 Å². The Kier molecular flexibility index (Phi) is 9.16. The van der Waals surface area contributed by atoms with E-state index in [9.17, 15) is 4.57 Å². The number of nitrogens with one attached hydrogen (secondary N) is 1. The van der Waals surface area contributed by atoms with Crippen LogP contribution in [-0.2, 0) is 25.0 Å². The molecule has 0 amide bonds. The number of hydrogen-bond donors (Lipinski definition) is 3. The van der Waals surface area contributed by atoms with E-state index < -0.39 is 14.6 Å². The van der Waals surface area contributed by atoms with Crippen LogP contribution >= 0.6 is 7.82 Å². The van der Waals surface area contributed by atoms with E-state index in [-0.39, 0.29) is 18.2 Å². The molecule has 1 saturated heterocycles. The third-order valence-electron chi connectivity index (χ3n) is 6.10. The van der Waals surface area contributed by atoms with Crippen molar-refractivity contribution < 1.29 is 37.8 Å². The molecule has 9 nitrogen and oxygen atoms in total. The lowest BCUT2D eigenvalue weighted by atomic mass is 9.80. The maximum Gasteiger partial charge on any atom is 0.471 e. The van der Waals surface area contributed by atoms with E-state index in [1.54, 1.807) is 14.2 Å². The molecule has 1 heterocycles. The SMILES string of the molecule is COc1ccc(CCO[C@@H]2CCCC[C@H]2C2NCC[C@@H]2OCOP(=O)(O)O)cc1OC. The van der Waals surface area contributed by atoms with Crippen LogP contribution in [0.2, 0.25) is 0 Å². The van der Waals surface area contributed by atoms with Crippen LogP contribution < -0.4 is 14.8 Å². The van der Waals surface area contributed by atoms with Gasteiger partial charge in [-0.3, -0.25) is 4.52 Å². The molecular formula is C21H34NO8P. The molecule has 3 rings (SSSR count). The summed E-state index contributed by atoms with van der Waals surface area (Å²) in [6, 6.07) is 5.99. The zero-order valence-electron chi connectivity index (χ0n) is 18.2. The molecule has 0 spiro atoms. The van der Waals surface area contributed by atoms with Gasteiger partial charge < -0.3 is 34.1 Å². The highest BCUT2D eigenvalue weighted by Gasteiger charge is 2.40. The van der Waals surface area contributed by atoms with Crippen molar-refractivity contribution in [3.05, 3.63) is 23.8 Å². The third kappa shape index (κ3) is 7.15. The summed E-state index contributed by atoms with van der Waals surface area (Å²) in [5.41, 5.74) is 1.12. The molecule has 176 valence electrons. The maximum atomic E-state index is 10.9. The van der Waals surface area contributed by atoms with Crippen molar-refractivity contribution in [2.45, 2.75) is 56.8 Å². The van der Waals surface area contributed by atoms with E-state index in [1.165, 1.54) is 0 Å². The van der Waals surface area contributed by atoms with Gasteiger partial charge in [0.15, 0.2) is 18.3 Å². The van der Waals surface area contributed by atoms with E-state index in [4.69, 9.17) is 28.7 Å². The summed E-state index contributed by atoms with van der Waals surface area (Å²) in [6.07, 6.45) is 5.85. The largest absolute Gasteiger partial charge is 0.493 e. The van der Waals surface area contributed by atoms with Gasteiger partial charge in [0.25, 0.3) is 0 Å². The number of ether oxygens (including phenoxy) is 4. The third-order valence-corrected chi connectivity index (χ3v) is 6.54. The van der Waals surface area contributed by atoms with E-state index >= 15 is 0 Å². The molecule has 1 unspecified atom stereocenters. The van der Waals surface area contributed by atoms with Gasteiger partial charge in [0.2, 0.25) is 0 Å². The Morgan fingerprint density at radius 2 is 1.81 bits per heavy atom. The molecular weight excluding hydrogens is 425 g/mol. The Bertz CT molecular complexity index is 742. The number of benzene rings is 1. The van der Waals surface area contributed by atoms with E-state index in [2.05, 4.69) is 9.84 Å². The quantitative estimate of drug-likeness (QED) is 0.339. The minimum Gasteiger partial charge on any atom is -0.493 e. The molecule has 10 heteroatoms. The van der Waals surface area contributed by atoms with E-state index in [0.717, 1.165) is 50.6 Å². The van der Waals surface area contributed by atoms with Crippen molar-refractivity contribution >= 4 is 7.82 Å². The van der Waals surface area contributed by atoms with E-state index in [1.807, 2.05) is 18.2 Å². The molecule has 1 aliphatic heterocycles. The van der Waals surface area contributed by atoms with Crippen LogP contribution in [0.3, 0.4) is 0 Å². The summed E-state index contributed by atoms with van der Waals surface area (Å²) in [6.45, 7) is 1.00. The molecule has 1 saturated carbocycles. The fraction of sp³-hybridized carbons (Fsp3) is 0.714. The summed E-state index contributed by atoms with van der Waals surface area (Å²) in [5.74, 6) is 1.71. The molecule has 3 N–H and O–H groups in total. The molecule has 0 bridgehead atoms. The molecule has 31 heavy (non-hydrogen) atoms. The highest BCUT2D eigenvalue weighted by Crippen LogP contribution is 2.37. The summed E-state index contributed by atoms with van der Waals surface area (Å²) >= 11 is 0. The van der Waals surface area contributed by atoms with Gasteiger partial charge >= 0.3 is 7.82 Å². The van der Waals surface area contributed by atoms with Crippen molar-refractivity contribution in [2.24, 2.45) is 5.92 Å². The maximum absolute atomic E-state index is 10.9. The van der Waals surface area contributed by atoms with Gasteiger partial charge in [-0.2, -0.15) is 0 Å². The summed E-state index contributed by atoms with van der Waals surface area (Å²) < 4.78 is 38.0. The molecule has 1 aliphatic carbocycles. The van der Waals surface area contributed by atoms with Gasteiger partial charge in [-0.15, -0.1) is 0 Å². The molecule has 2 aliphatic rings. The molecule has 4 atom stereocenters. The van der Waals surface area contributed by atoms with E-state index in [0.29, 0.717) is 24.0 Å². The zero-order valence-corrected chi connectivity index (χ0v) is 19.1. The second kappa shape index (κ2) is 11.6. The zero-order chi connectivity index (χ0) is 22.3. The Hall–Kier alpha value is -1.19. The average molecular weight is 459 g/mol. The molecule has 1 aromatic carbocycles. The summed E-state index contributed by atoms with van der Waals surface area (Å²) in [4.78, 5) is 17.7. The first kappa shape index (κ1) is 24.5. The number of hydrogen-bond acceptors (Lipinski definition) is 7. The molecule has 2 fully saturated rings. The number of phosphoric acid groups is 1. The van der Waals surface area contributed by atoms with Crippen LogP contribution in [0, 0.1) is 5.92 Å². The fourth-order valence-electron chi connectivity index (χ4n) is 4.61. The van der Waals surface area contributed by atoms with Crippen molar-refractivity contribution in [1.29, 1.82) is 0 Å². The average Bonchev–Trinajstić information content (AvgIpc) is 3.21. The first-order valence-electron chi connectivity index (χ1n) is 10.8. The smallest absolute Gasteiger partial charge is 0.471 e. The first-order chi connectivity index (χ1) is 14.9. The topological polar surface area (TPSA) is 116 Å². The predicted molar refractivity (Wildman–Crippen MR) is 114 cm³/mol. The lowest BCUT2D eigenvalue weighted by molar-refractivity contribution is -0.0807. The van der Waals surface area contributed by atoms with Crippen LogP contribution in [0.15, 0.2) is 18.2 Å². The molecule has 0 radical (unpaired) electrons. The number of phosphoric ester groups is 1. The van der Waals surface area contributed by atoms with Crippen molar-refractivity contribution in [3.8, 4) is 11.5 Å². The Morgan fingerprint density at radius 1 is 1.03 bits per heavy atom. The molecule has 0 aromatic heterocycles. The summed E-state index contributed by atoms with van der Waals surface area (Å²) in [5, 5.41) is 3.50. The standard InChI is InChI=1S/C21H34NO8P/c1-26-18-8-7-15(13-20(18)27-2)10-12-28-17-6-4-3-5-16(17)21-19(9-11-22-21)29-14-30-31(23,24)25/h7-8,13,16-17,19,21-22H,3-6,9-12,14H2,1-2H3,(H2,23,24,25)/t16-,17-,19+,21?/m1/s1. The minimum atomic E-state index is -4.53. The second-order valence-electron chi connectivity index (χ2n) is 8.01. The lowest BCUT2D eigenvalue weighted by Crippen LogP contribution is -2.47. The van der Waals surface area contributed by atoms with Crippen LogP contribution in [0.1, 0.15) is 37.7 Å². The van der Waals surface area contributed by atoms with Gasteiger partial charge in [-0.25, -0.2) is 4.57 Å². The van der Waals surface area contributed by atoms with Crippen LogP contribution in [0.5, 0.6) is 11.5 Å². The van der Waals surface area contributed by atoms with Gasteiger partial charge in [-0.1, -0.05) is 18.9 Å². The van der Waals surface area contributed by atoms with Crippen LogP contribution in [0.25, 0.3) is 0 Å². The highest BCUT2D eigenvalue weighted by molar-refractivity contribution is 7.46. The monoisotopic (exact) mass is 459 g/mol. The number of methoxy groups -OCH3 is 2. The second-order valence-corrected chi connectivity index (χ2v) is 9.25. The van der Waals surface area contributed by atoms with Gasteiger partial charge in [0.05, 0.1) is 33.0 Å². The van der Waals surface area contributed by atoms with Crippen molar-refractivity contribution in [3.63, 3.8) is 0 Å². The minimum absolute atomic E-state index is 0.0896. The van der Waals surface area contributed by atoms with Crippen molar-refractivity contribution in [2.75, 3.05) is 34.2 Å². The van der Waals surface area contributed by atoms with Gasteiger partial charge in [0, 0.05) is 12.0 Å². The Morgan fingerprint density at radius 3 is 2.55 bits per heavy atom.